The molecule has 110 valence electrons. The van der Waals surface area contributed by atoms with E-state index < -0.39 is 5.82 Å². The first-order valence-electron chi connectivity index (χ1n) is 5.92. The molecule has 1 rings (SSSR count). The molecule has 0 radical (unpaired) electrons. The third-order valence-corrected chi connectivity index (χ3v) is 3.04. The van der Waals surface area contributed by atoms with E-state index >= 15 is 0 Å². The third-order valence-electron chi connectivity index (χ3n) is 2.54. The van der Waals surface area contributed by atoms with E-state index in [-0.39, 0.29) is 30.5 Å². The summed E-state index contributed by atoms with van der Waals surface area (Å²) < 4.78 is 18.6. The molecule has 0 saturated carbocycles. The SMILES string of the molecule is COC(=O)CCN(C)CC(=O)Nc1ccc(Br)cc1F. The van der Waals surface area contributed by atoms with Crippen molar-refractivity contribution in [3.05, 3.63) is 28.5 Å². The van der Waals surface area contributed by atoms with Gasteiger partial charge in [-0.1, -0.05) is 15.9 Å². The smallest absolute Gasteiger partial charge is 0.306 e. The summed E-state index contributed by atoms with van der Waals surface area (Å²) in [6, 6.07) is 4.39. The maximum absolute atomic E-state index is 13.5. The van der Waals surface area contributed by atoms with Crippen LogP contribution in [0, 0.1) is 5.82 Å². The molecule has 0 aromatic heterocycles. The maximum Gasteiger partial charge on any atom is 0.306 e. The predicted octanol–water partition coefficient (Wildman–Crippen LogP) is 2.02. The van der Waals surface area contributed by atoms with Crippen LogP contribution >= 0.6 is 15.9 Å². The van der Waals surface area contributed by atoms with E-state index in [9.17, 15) is 14.0 Å². The molecule has 0 fully saturated rings. The molecule has 20 heavy (non-hydrogen) atoms. The van der Waals surface area contributed by atoms with Crippen LogP contribution in [0.25, 0.3) is 0 Å². The summed E-state index contributed by atoms with van der Waals surface area (Å²) in [4.78, 5) is 24.3. The zero-order chi connectivity index (χ0) is 15.1. The van der Waals surface area contributed by atoms with Crippen LogP contribution in [0.15, 0.2) is 22.7 Å². The van der Waals surface area contributed by atoms with Gasteiger partial charge in [-0.05, 0) is 25.2 Å². The number of anilines is 1. The molecule has 0 aliphatic heterocycles. The van der Waals surface area contributed by atoms with E-state index in [1.807, 2.05) is 0 Å². The lowest BCUT2D eigenvalue weighted by Gasteiger charge is -2.15. The fraction of sp³-hybridized carbons (Fsp3) is 0.385. The number of carbonyl (C=O) groups is 2. The number of hydrogen-bond donors (Lipinski definition) is 1. The minimum atomic E-state index is -0.509. The Morgan fingerprint density at radius 2 is 2.15 bits per heavy atom. The number of hydrogen-bond acceptors (Lipinski definition) is 4. The van der Waals surface area contributed by atoms with Crippen molar-refractivity contribution in [1.82, 2.24) is 4.90 Å². The average molecular weight is 347 g/mol. The second kappa shape index (κ2) is 7.96. The molecule has 0 heterocycles. The molecule has 0 unspecified atom stereocenters. The van der Waals surface area contributed by atoms with Gasteiger partial charge in [-0.3, -0.25) is 14.5 Å². The molecule has 7 heteroatoms. The number of halogens is 2. The van der Waals surface area contributed by atoms with Crippen LogP contribution in [0.5, 0.6) is 0 Å². The summed E-state index contributed by atoms with van der Waals surface area (Å²) in [5.74, 6) is -1.19. The molecule has 1 amide bonds. The normalized spacial score (nSPS) is 10.4. The van der Waals surface area contributed by atoms with E-state index in [2.05, 4.69) is 26.0 Å². The van der Waals surface area contributed by atoms with Gasteiger partial charge in [0.25, 0.3) is 0 Å². The van der Waals surface area contributed by atoms with Crippen molar-refractivity contribution in [1.29, 1.82) is 0 Å². The Balaban J connectivity index is 2.45. The summed E-state index contributed by atoms with van der Waals surface area (Å²) in [7, 11) is 3.01. The minimum absolute atomic E-state index is 0.0620. The van der Waals surface area contributed by atoms with Gasteiger partial charge in [0.05, 0.1) is 25.8 Å². The predicted molar refractivity (Wildman–Crippen MR) is 76.9 cm³/mol. The van der Waals surface area contributed by atoms with Crippen molar-refractivity contribution in [2.45, 2.75) is 6.42 Å². The number of methoxy groups -OCH3 is 1. The van der Waals surface area contributed by atoms with Crippen LogP contribution < -0.4 is 5.32 Å². The lowest BCUT2D eigenvalue weighted by molar-refractivity contribution is -0.141. The number of benzene rings is 1. The highest BCUT2D eigenvalue weighted by Gasteiger charge is 2.11. The number of nitrogens with one attached hydrogen (secondary N) is 1. The van der Waals surface area contributed by atoms with Crippen LogP contribution in [-0.2, 0) is 14.3 Å². The number of ether oxygens (including phenoxy) is 1. The zero-order valence-corrected chi connectivity index (χ0v) is 12.9. The van der Waals surface area contributed by atoms with Crippen LogP contribution in [0.3, 0.4) is 0 Å². The molecular formula is C13H16BrFN2O3. The van der Waals surface area contributed by atoms with Gasteiger partial charge in [0, 0.05) is 11.0 Å². The summed E-state index contributed by atoms with van der Waals surface area (Å²) in [5.41, 5.74) is 0.125. The molecule has 1 N–H and O–H groups in total. The van der Waals surface area contributed by atoms with Gasteiger partial charge in [-0.15, -0.1) is 0 Å². The third kappa shape index (κ3) is 5.66. The van der Waals surface area contributed by atoms with Crippen molar-refractivity contribution in [3.8, 4) is 0 Å². The van der Waals surface area contributed by atoms with Crippen LogP contribution in [-0.4, -0.2) is 44.0 Å². The number of likely N-dealkylation sites (N-methyl/N-ethyl adjacent to an activating group) is 1. The van der Waals surface area contributed by atoms with E-state index in [1.54, 1.807) is 18.0 Å². The van der Waals surface area contributed by atoms with Crippen LogP contribution in [0.4, 0.5) is 10.1 Å². The summed E-state index contributed by atoms with van der Waals surface area (Å²) in [5, 5.41) is 2.48. The van der Waals surface area contributed by atoms with Gasteiger partial charge in [-0.2, -0.15) is 0 Å². The highest BCUT2D eigenvalue weighted by atomic mass is 79.9. The molecule has 0 aliphatic carbocycles. The number of carbonyl (C=O) groups excluding carboxylic acids is 2. The molecule has 0 spiro atoms. The van der Waals surface area contributed by atoms with Gasteiger partial charge in [0.15, 0.2) is 0 Å². The minimum Gasteiger partial charge on any atom is -0.469 e. The van der Waals surface area contributed by atoms with Crippen LogP contribution in [0.1, 0.15) is 6.42 Å². The lowest BCUT2D eigenvalue weighted by atomic mass is 10.3. The Kier molecular flexibility index (Phi) is 6.60. The monoisotopic (exact) mass is 346 g/mol. The Bertz CT molecular complexity index is 497. The fourth-order valence-corrected chi connectivity index (χ4v) is 1.82. The standard InChI is InChI=1S/C13H16BrFN2O3/c1-17(6-5-13(19)20-2)8-12(18)16-11-4-3-9(14)7-10(11)15/h3-4,7H,5-6,8H2,1-2H3,(H,16,18). The van der Waals surface area contributed by atoms with E-state index in [1.165, 1.54) is 19.2 Å². The highest BCUT2D eigenvalue weighted by Crippen LogP contribution is 2.19. The zero-order valence-electron chi connectivity index (χ0n) is 11.3. The molecule has 1 aromatic carbocycles. The van der Waals surface area contributed by atoms with Crippen molar-refractivity contribution in [2.24, 2.45) is 0 Å². The van der Waals surface area contributed by atoms with Gasteiger partial charge >= 0.3 is 5.97 Å². The summed E-state index contributed by atoms with van der Waals surface area (Å²) in [6.45, 7) is 0.454. The first-order valence-corrected chi connectivity index (χ1v) is 6.72. The molecule has 0 aliphatic rings. The maximum atomic E-state index is 13.5. The number of amides is 1. The average Bonchev–Trinajstić information content (AvgIpc) is 2.39. The molecule has 5 nitrogen and oxygen atoms in total. The van der Waals surface area contributed by atoms with Crippen molar-refractivity contribution < 1.29 is 18.7 Å². The summed E-state index contributed by atoms with van der Waals surface area (Å²) >= 11 is 3.14. The molecule has 0 atom stereocenters. The molecule has 1 aromatic rings. The number of nitrogens with zero attached hydrogens (tertiary/aromatic N) is 1. The first kappa shape index (κ1) is 16.6. The number of esters is 1. The summed E-state index contributed by atoms with van der Waals surface area (Å²) in [6.07, 6.45) is 0.201. The second-order valence-corrected chi connectivity index (χ2v) is 5.15. The Morgan fingerprint density at radius 3 is 2.75 bits per heavy atom. The van der Waals surface area contributed by atoms with E-state index in [4.69, 9.17) is 0 Å². The molecule has 0 bridgehead atoms. The second-order valence-electron chi connectivity index (χ2n) is 4.24. The van der Waals surface area contributed by atoms with Gasteiger partial charge in [0.1, 0.15) is 5.82 Å². The Morgan fingerprint density at radius 1 is 1.45 bits per heavy atom. The van der Waals surface area contributed by atoms with Crippen molar-refractivity contribution >= 4 is 33.5 Å². The highest BCUT2D eigenvalue weighted by molar-refractivity contribution is 9.10. The van der Waals surface area contributed by atoms with Gasteiger partial charge in [-0.25, -0.2) is 4.39 Å². The van der Waals surface area contributed by atoms with Gasteiger partial charge in [0.2, 0.25) is 5.91 Å². The number of rotatable bonds is 6. The van der Waals surface area contributed by atoms with E-state index in [0.717, 1.165) is 0 Å². The van der Waals surface area contributed by atoms with Crippen molar-refractivity contribution in [2.75, 3.05) is 32.6 Å². The lowest BCUT2D eigenvalue weighted by Crippen LogP contribution is -2.32. The molecular weight excluding hydrogens is 331 g/mol. The van der Waals surface area contributed by atoms with Crippen molar-refractivity contribution in [3.63, 3.8) is 0 Å². The Labute approximate surface area is 125 Å². The van der Waals surface area contributed by atoms with Gasteiger partial charge < -0.3 is 10.1 Å². The quantitative estimate of drug-likeness (QED) is 0.800. The first-order chi connectivity index (χ1) is 9.42. The van der Waals surface area contributed by atoms with Crippen LogP contribution in [0.2, 0.25) is 0 Å². The topological polar surface area (TPSA) is 58.6 Å². The largest absolute Gasteiger partial charge is 0.469 e. The fourth-order valence-electron chi connectivity index (χ4n) is 1.49. The molecule has 0 saturated heterocycles. The van der Waals surface area contributed by atoms with E-state index in [0.29, 0.717) is 11.0 Å². The Hall–Kier alpha value is -1.47.